The molecular formula is C21H18N2O2S. The number of imide groups is 1. The molecule has 4 nitrogen and oxygen atoms in total. The molecule has 2 heterocycles. The van der Waals surface area contributed by atoms with E-state index in [4.69, 9.17) is 0 Å². The topological polar surface area (TPSA) is 40.6 Å². The molecule has 0 saturated carbocycles. The minimum absolute atomic E-state index is 0.232. The predicted octanol–water partition coefficient (Wildman–Crippen LogP) is 4.37. The van der Waals surface area contributed by atoms with Crippen molar-refractivity contribution in [1.29, 1.82) is 0 Å². The minimum Gasteiger partial charge on any atom is -0.378 e. The zero-order valence-corrected chi connectivity index (χ0v) is 15.6. The second-order valence-corrected chi connectivity index (χ2v) is 7.62. The van der Waals surface area contributed by atoms with Gasteiger partial charge in [0.15, 0.2) is 0 Å². The standard InChI is InChI=1S/C21H18N2O2S/c1-22(2)15-7-4-13(5-8-15)18-10-11-19(26-18)14-6-9-16-17(12-14)21(25)23(3)20(16)24/h4-12H,1-3H3. The van der Waals surface area contributed by atoms with E-state index in [0.717, 1.165) is 16.1 Å². The summed E-state index contributed by atoms with van der Waals surface area (Å²) in [4.78, 5) is 29.7. The molecule has 0 N–H and O–H groups in total. The SMILES string of the molecule is CN1C(=O)c2ccc(-c3ccc(-c4ccc(N(C)C)cc4)s3)cc2C1=O. The maximum Gasteiger partial charge on any atom is 0.261 e. The number of fused-ring (bicyclic) bond motifs is 1. The Labute approximate surface area is 156 Å². The average Bonchev–Trinajstić information content (AvgIpc) is 3.22. The number of amides is 2. The highest BCUT2D eigenvalue weighted by Gasteiger charge is 2.32. The third kappa shape index (κ3) is 2.61. The maximum absolute atomic E-state index is 12.2. The van der Waals surface area contributed by atoms with Crippen molar-refractivity contribution in [3.63, 3.8) is 0 Å². The summed E-state index contributed by atoms with van der Waals surface area (Å²) in [6.07, 6.45) is 0. The third-order valence-corrected chi connectivity index (χ3v) is 5.83. The lowest BCUT2D eigenvalue weighted by Crippen LogP contribution is -2.24. The molecule has 0 radical (unpaired) electrons. The van der Waals surface area contributed by atoms with E-state index in [0.29, 0.717) is 11.1 Å². The van der Waals surface area contributed by atoms with E-state index in [1.54, 1.807) is 17.4 Å². The van der Waals surface area contributed by atoms with Crippen molar-refractivity contribution in [3.05, 3.63) is 65.7 Å². The van der Waals surface area contributed by atoms with E-state index in [2.05, 4.69) is 41.3 Å². The Kier molecular flexibility index (Phi) is 3.89. The van der Waals surface area contributed by atoms with E-state index in [1.165, 1.54) is 22.4 Å². The minimum atomic E-state index is -0.233. The molecule has 3 aromatic rings. The zero-order chi connectivity index (χ0) is 18.4. The molecule has 0 aliphatic carbocycles. The molecule has 0 saturated heterocycles. The van der Waals surface area contributed by atoms with Gasteiger partial charge in [-0.15, -0.1) is 11.3 Å². The summed E-state index contributed by atoms with van der Waals surface area (Å²) in [6.45, 7) is 0. The number of hydrogen-bond acceptors (Lipinski definition) is 4. The van der Waals surface area contributed by atoms with Gasteiger partial charge in [0.25, 0.3) is 11.8 Å². The smallest absolute Gasteiger partial charge is 0.261 e. The van der Waals surface area contributed by atoms with Crippen LogP contribution in [-0.4, -0.2) is 37.9 Å². The van der Waals surface area contributed by atoms with Crippen molar-refractivity contribution in [1.82, 2.24) is 4.90 Å². The van der Waals surface area contributed by atoms with Crippen molar-refractivity contribution in [3.8, 4) is 20.9 Å². The Bertz CT molecular complexity index is 1020. The number of carbonyl (C=O) groups excluding carboxylic acids is 2. The van der Waals surface area contributed by atoms with Gasteiger partial charge in [-0.2, -0.15) is 0 Å². The van der Waals surface area contributed by atoms with E-state index in [1.807, 2.05) is 26.2 Å². The summed E-state index contributed by atoms with van der Waals surface area (Å²) < 4.78 is 0. The molecule has 0 unspecified atom stereocenters. The highest BCUT2D eigenvalue weighted by atomic mass is 32.1. The first-order chi connectivity index (χ1) is 12.5. The van der Waals surface area contributed by atoms with Crippen LogP contribution in [0.15, 0.2) is 54.6 Å². The molecule has 4 rings (SSSR count). The Balaban J connectivity index is 1.67. The van der Waals surface area contributed by atoms with Crippen LogP contribution >= 0.6 is 11.3 Å². The van der Waals surface area contributed by atoms with Gasteiger partial charge in [-0.05, 0) is 47.5 Å². The third-order valence-electron chi connectivity index (χ3n) is 4.65. The lowest BCUT2D eigenvalue weighted by atomic mass is 10.0. The van der Waals surface area contributed by atoms with Crippen LogP contribution in [0, 0.1) is 0 Å². The fourth-order valence-corrected chi connectivity index (χ4v) is 4.09. The van der Waals surface area contributed by atoms with Gasteiger partial charge in [0.1, 0.15) is 0 Å². The monoisotopic (exact) mass is 362 g/mol. The number of hydrogen-bond donors (Lipinski definition) is 0. The molecule has 1 aromatic heterocycles. The number of anilines is 1. The Morgan fingerprint density at radius 3 is 2.00 bits per heavy atom. The quantitative estimate of drug-likeness (QED) is 0.650. The van der Waals surface area contributed by atoms with Gasteiger partial charge < -0.3 is 4.90 Å². The van der Waals surface area contributed by atoms with Crippen LogP contribution in [-0.2, 0) is 0 Å². The highest BCUT2D eigenvalue weighted by molar-refractivity contribution is 7.18. The van der Waals surface area contributed by atoms with Crippen LogP contribution in [0.4, 0.5) is 5.69 Å². The van der Waals surface area contributed by atoms with Gasteiger partial charge in [0.2, 0.25) is 0 Å². The van der Waals surface area contributed by atoms with Gasteiger partial charge in [0, 0.05) is 36.6 Å². The molecule has 130 valence electrons. The summed E-state index contributed by atoms with van der Waals surface area (Å²) in [5, 5.41) is 0. The van der Waals surface area contributed by atoms with Crippen molar-refractivity contribution >= 4 is 28.8 Å². The lowest BCUT2D eigenvalue weighted by molar-refractivity contribution is 0.0693. The van der Waals surface area contributed by atoms with Gasteiger partial charge >= 0.3 is 0 Å². The first kappa shape index (κ1) is 16.5. The van der Waals surface area contributed by atoms with Gasteiger partial charge in [-0.25, -0.2) is 0 Å². The summed E-state index contributed by atoms with van der Waals surface area (Å²) >= 11 is 1.68. The van der Waals surface area contributed by atoms with Gasteiger partial charge in [-0.3, -0.25) is 14.5 Å². The molecule has 2 amide bonds. The summed E-state index contributed by atoms with van der Waals surface area (Å²) in [6, 6.07) is 18.1. The summed E-state index contributed by atoms with van der Waals surface area (Å²) in [7, 11) is 5.57. The molecule has 0 bridgehead atoms. The van der Waals surface area contributed by atoms with Crippen molar-refractivity contribution in [2.45, 2.75) is 0 Å². The number of benzene rings is 2. The molecule has 0 spiro atoms. The van der Waals surface area contributed by atoms with E-state index < -0.39 is 0 Å². The van der Waals surface area contributed by atoms with E-state index in [-0.39, 0.29) is 11.8 Å². The largest absolute Gasteiger partial charge is 0.378 e. The second kappa shape index (κ2) is 6.11. The van der Waals surface area contributed by atoms with Crippen LogP contribution in [0.3, 0.4) is 0 Å². The first-order valence-electron chi connectivity index (χ1n) is 8.30. The van der Waals surface area contributed by atoms with Gasteiger partial charge in [-0.1, -0.05) is 18.2 Å². The van der Waals surface area contributed by atoms with Crippen LogP contribution in [0.2, 0.25) is 0 Å². The predicted molar refractivity (Wildman–Crippen MR) is 106 cm³/mol. The van der Waals surface area contributed by atoms with Crippen molar-refractivity contribution in [2.75, 3.05) is 26.0 Å². The fourth-order valence-electron chi connectivity index (χ4n) is 3.09. The normalized spacial score (nSPS) is 13.3. The molecule has 1 aliphatic rings. The number of carbonyl (C=O) groups is 2. The number of nitrogens with zero attached hydrogens (tertiary/aromatic N) is 2. The lowest BCUT2D eigenvalue weighted by Gasteiger charge is -2.12. The molecule has 0 atom stereocenters. The second-order valence-electron chi connectivity index (χ2n) is 6.53. The molecule has 26 heavy (non-hydrogen) atoms. The van der Waals surface area contributed by atoms with Crippen molar-refractivity contribution in [2.24, 2.45) is 0 Å². The Morgan fingerprint density at radius 1 is 0.769 bits per heavy atom. The first-order valence-corrected chi connectivity index (χ1v) is 9.12. The summed E-state index contributed by atoms with van der Waals surface area (Å²) in [5.41, 5.74) is 4.26. The van der Waals surface area contributed by atoms with Crippen LogP contribution in [0.1, 0.15) is 20.7 Å². The van der Waals surface area contributed by atoms with Gasteiger partial charge in [0.05, 0.1) is 11.1 Å². The van der Waals surface area contributed by atoms with E-state index >= 15 is 0 Å². The average molecular weight is 362 g/mol. The van der Waals surface area contributed by atoms with E-state index in [9.17, 15) is 9.59 Å². The molecular weight excluding hydrogens is 344 g/mol. The molecule has 2 aromatic carbocycles. The summed E-state index contributed by atoms with van der Waals surface area (Å²) in [5.74, 6) is -0.465. The maximum atomic E-state index is 12.2. The van der Waals surface area contributed by atoms with Crippen LogP contribution in [0.5, 0.6) is 0 Å². The number of thiophene rings is 1. The zero-order valence-electron chi connectivity index (χ0n) is 14.8. The molecule has 0 fully saturated rings. The van der Waals surface area contributed by atoms with Crippen molar-refractivity contribution < 1.29 is 9.59 Å². The van der Waals surface area contributed by atoms with Crippen LogP contribution in [0.25, 0.3) is 20.9 Å². The fraction of sp³-hybridized carbons (Fsp3) is 0.143. The number of rotatable bonds is 3. The Morgan fingerprint density at radius 2 is 1.35 bits per heavy atom. The highest BCUT2D eigenvalue weighted by Crippen LogP contribution is 2.36. The Hall–Kier alpha value is -2.92. The van der Waals surface area contributed by atoms with Crippen LogP contribution < -0.4 is 4.90 Å². The molecule has 5 heteroatoms. The molecule has 1 aliphatic heterocycles.